The highest BCUT2D eigenvalue weighted by atomic mass is 35.5. The van der Waals surface area contributed by atoms with E-state index >= 15 is 0 Å². The first-order valence-corrected chi connectivity index (χ1v) is 10.3. The standard InChI is InChI=1S/C23H25ClN2O4/c1-2-13-30-23(28)20-16-19(8-9-21(20)26-11-14-29-15-12-26)25-22(27)10-5-17-3-6-18(24)7-4-17/h3-10,16H,2,11-15H2,1H3,(H,25,27)/b10-5+. The van der Waals surface area contributed by atoms with Gasteiger partial charge in [-0.2, -0.15) is 0 Å². The summed E-state index contributed by atoms with van der Waals surface area (Å²) in [6.45, 7) is 4.91. The van der Waals surface area contributed by atoms with Gasteiger partial charge in [-0.15, -0.1) is 0 Å². The molecule has 2 aromatic carbocycles. The lowest BCUT2D eigenvalue weighted by Gasteiger charge is -2.30. The van der Waals surface area contributed by atoms with Crippen LogP contribution in [0.2, 0.25) is 5.02 Å². The molecule has 1 aliphatic rings. The van der Waals surface area contributed by atoms with E-state index in [0.29, 0.717) is 49.2 Å². The molecular weight excluding hydrogens is 404 g/mol. The minimum atomic E-state index is -0.397. The van der Waals surface area contributed by atoms with Crippen molar-refractivity contribution < 1.29 is 19.1 Å². The van der Waals surface area contributed by atoms with Crippen LogP contribution >= 0.6 is 11.6 Å². The minimum absolute atomic E-state index is 0.294. The summed E-state index contributed by atoms with van der Waals surface area (Å²) in [4.78, 5) is 27.0. The van der Waals surface area contributed by atoms with E-state index in [-0.39, 0.29) is 5.91 Å². The molecule has 0 radical (unpaired) electrons. The molecule has 0 atom stereocenters. The van der Waals surface area contributed by atoms with Crippen LogP contribution in [0.25, 0.3) is 6.08 Å². The summed E-state index contributed by atoms with van der Waals surface area (Å²) in [7, 11) is 0. The quantitative estimate of drug-likeness (QED) is 0.523. The first-order chi connectivity index (χ1) is 14.6. The molecule has 6 nitrogen and oxygen atoms in total. The molecule has 0 saturated carbocycles. The van der Waals surface area contributed by atoms with E-state index in [1.165, 1.54) is 6.08 Å². The van der Waals surface area contributed by atoms with E-state index in [2.05, 4.69) is 10.2 Å². The molecule has 0 bridgehead atoms. The number of carbonyl (C=O) groups is 2. The summed E-state index contributed by atoms with van der Waals surface area (Å²) in [6, 6.07) is 12.5. The zero-order valence-corrected chi connectivity index (χ0v) is 17.7. The van der Waals surface area contributed by atoms with Gasteiger partial charge in [-0.25, -0.2) is 4.79 Å². The number of nitrogens with zero attached hydrogens (tertiary/aromatic N) is 1. The minimum Gasteiger partial charge on any atom is -0.462 e. The Hall–Kier alpha value is -2.83. The summed E-state index contributed by atoms with van der Waals surface area (Å²) < 4.78 is 10.8. The Balaban J connectivity index is 1.76. The van der Waals surface area contributed by atoms with Crippen molar-refractivity contribution in [2.45, 2.75) is 13.3 Å². The number of nitrogens with one attached hydrogen (secondary N) is 1. The van der Waals surface area contributed by atoms with Crippen molar-refractivity contribution >= 4 is 40.9 Å². The Labute approximate surface area is 181 Å². The van der Waals surface area contributed by atoms with Gasteiger partial charge in [0.1, 0.15) is 0 Å². The zero-order chi connectivity index (χ0) is 21.3. The molecular formula is C23H25ClN2O4. The number of ether oxygens (including phenoxy) is 2. The SMILES string of the molecule is CCCOC(=O)c1cc(NC(=O)/C=C/c2ccc(Cl)cc2)ccc1N1CCOCC1. The van der Waals surface area contributed by atoms with Crippen LogP contribution in [0.15, 0.2) is 48.5 Å². The molecule has 1 fully saturated rings. The third-order valence-corrected chi connectivity index (χ3v) is 4.82. The molecule has 0 unspecified atom stereocenters. The van der Waals surface area contributed by atoms with Gasteiger partial charge in [0.05, 0.1) is 31.1 Å². The molecule has 0 aromatic heterocycles. The van der Waals surface area contributed by atoms with Crippen LogP contribution in [0.5, 0.6) is 0 Å². The monoisotopic (exact) mass is 428 g/mol. The molecule has 1 N–H and O–H groups in total. The third-order valence-electron chi connectivity index (χ3n) is 4.57. The number of hydrogen-bond donors (Lipinski definition) is 1. The van der Waals surface area contributed by atoms with Crippen LogP contribution < -0.4 is 10.2 Å². The summed E-state index contributed by atoms with van der Waals surface area (Å²) in [5, 5.41) is 3.44. The van der Waals surface area contributed by atoms with Gasteiger partial charge in [-0.05, 0) is 48.4 Å². The molecule has 0 aliphatic carbocycles. The van der Waals surface area contributed by atoms with E-state index < -0.39 is 5.97 Å². The first kappa shape index (κ1) is 21.9. The van der Waals surface area contributed by atoms with Gasteiger partial charge < -0.3 is 19.7 Å². The van der Waals surface area contributed by atoms with Gasteiger partial charge in [-0.3, -0.25) is 4.79 Å². The third kappa shape index (κ3) is 6.08. The summed E-state index contributed by atoms with van der Waals surface area (Å²) in [6.07, 6.45) is 3.88. The van der Waals surface area contributed by atoms with Crippen molar-refractivity contribution in [3.63, 3.8) is 0 Å². The maximum atomic E-state index is 12.6. The van der Waals surface area contributed by atoms with E-state index in [0.717, 1.165) is 17.7 Å². The molecule has 1 heterocycles. The fourth-order valence-corrected chi connectivity index (χ4v) is 3.19. The Kier molecular flexibility index (Phi) is 7.88. The van der Waals surface area contributed by atoms with Gasteiger partial charge in [-0.1, -0.05) is 30.7 Å². The zero-order valence-electron chi connectivity index (χ0n) is 16.9. The fourth-order valence-electron chi connectivity index (χ4n) is 3.06. The average molecular weight is 429 g/mol. The molecule has 1 amide bonds. The maximum absolute atomic E-state index is 12.6. The number of anilines is 2. The maximum Gasteiger partial charge on any atom is 0.340 e. The molecule has 30 heavy (non-hydrogen) atoms. The molecule has 2 aromatic rings. The predicted molar refractivity (Wildman–Crippen MR) is 119 cm³/mol. The lowest BCUT2D eigenvalue weighted by Crippen LogP contribution is -2.37. The van der Waals surface area contributed by atoms with Crippen LogP contribution in [-0.2, 0) is 14.3 Å². The number of benzene rings is 2. The van der Waals surface area contributed by atoms with Crippen LogP contribution in [0.1, 0.15) is 29.3 Å². The fraction of sp³-hybridized carbons (Fsp3) is 0.304. The second-order valence-corrected chi connectivity index (χ2v) is 7.28. The molecule has 158 valence electrons. The van der Waals surface area contributed by atoms with Gasteiger partial charge in [0.25, 0.3) is 0 Å². The number of hydrogen-bond acceptors (Lipinski definition) is 5. The highest BCUT2D eigenvalue weighted by molar-refractivity contribution is 6.30. The first-order valence-electron chi connectivity index (χ1n) is 9.95. The summed E-state index contributed by atoms with van der Waals surface area (Å²) >= 11 is 5.87. The van der Waals surface area contributed by atoms with E-state index in [1.54, 1.807) is 30.3 Å². The lowest BCUT2D eigenvalue weighted by atomic mass is 10.1. The summed E-state index contributed by atoms with van der Waals surface area (Å²) in [5.41, 5.74) is 2.61. The Bertz CT molecular complexity index is 906. The van der Waals surface area contributed by atoms with Crippen molar-refractivity contribution in [1.82, 2.24) is 0 Å². The van der Waals surface area contributed by atoms with Crippen molar-refractivity contribution in [1.29, 1.82) is 0 Å². The molecule has 3 rings (SSSR count). The number of morpholine rings is 1. The predicted octanol–water partition coefficient (Wildman–Crippen LogP) is 4.40. The Morgan fingerprint density at radius 3 is 2.60 bits per heavy atom. The van der Waals surface area contributed by atoms with Crippen molar-refractivity contribution in [3.05, 3.63) is 64.7 Å². The van der Waals surface area contributed by atoms with E-state index in [4.69, 9.17) is 21.1 Å². The van der Waals surface area contributed by atoms with Gasteiger partial charge in [0, 0.05) is 29.9 Å². The van der Waals surface area contributed by atoms with Gasteiger partial charge in [0.15, 0.2) is 0 Å². The van der Waals surface area contributed by atoms with Gasteiger partial charge in [0.2, 0.25) is 5.91 Å². The number of halogens is 1. The second-order valence-electron chi connectivity index (χ2n) is 6.84. The number of rotatable bonds is 7. The summed E-state index contributed by atoms with van der Waals surface area (Å²) in [5.74, 6) is -0.692. The number of carbonyl (C=O) groups excluding carboxylic acids is 2. The number of esters is 1. The van der Waals surface area contributed by atoms with Crippen LogP contribution in [0, 0.1) is 0 Å². The van der Waals surface area contributed by atoms with Crippen LogP contribution in [0.4, 0.5) is 11.4 Å². The molecule has 1 saturated heterocycles. The molecule has 1 aliphatic heterocycles. The smallest absolute Gasteiger partial charge is 0.340 e. The topological polar surface area (TPSA) is 67.9 Å². The number of amides is 1. The highest BCUT2D eigenvalue weighted by Gasteiger charge is 2.20. The van der Waals surface area contributed by atoms with Crippen LogP contribution in [-0.4, -0.2) is 44.8 Å². The van der Waals surface area contributed by atoms with E-state index in [1.807, 2.05) is 25.1 Å². The van der Waals surface area contributed by atoms with Crippen molar-refractivity contribution in [3.8, 4) is 0 Å². The van der Waals surface area contributed by atoms with Crippen molar-refractivity contribution in [2.24, 2.45) is 0 Å². The molecule has 7 heteroatoms. The lowest BCUT2D eigenvalue weighted by molar-refractivity contribution is -0.111. The normalized spacial score (nSPS) is 14.0. The molecule has 0 spiro atoms. The van der Waals surface area contributed by atoms with Crippen LogP contribution in [0.3, 0.4) is 0 Å². The van der Waals surface area contributed by atoms with E-state index in [9.17, 15) is 9.59 Å². The Morgan fingerprint density at radius 2 is 1.90 bits per heavy atom. The Morgan fingerprint density at radius 1 is 1.17 bits per heavy atom. The average Bonchev–Trinajstić information content (AvgIpc) is 2.77. The van der Waals surface area contributed by atoms with Gasteiger partial charge >= 0.3 is 5.97 Å². The highest BCUT2D eigenvalue weighted by Crippen LogP contribution is 2.26. The largest absolute Gasteiger partial charge is 0.462 e. The second kappa shape index (κ2) is 10.8. The van der Waals surface area contributed by atoms with Crippen molar-refractivity contribution in [2.75, 3.05) is 43.1 Å².